The van der Waals surface area contributed by atoms with E-state index < -0.39 is 5.97 Å². The number of nitrogens with one attached hydrogen (secondary N) is 1. The summed E-state index contributed by atoms with van der Waals surface area (Å²) < 4.78 is 5.18. The Morgan fingerprint density at radius 2 is 1.57 bits per heavy atom. The highest BCUT2D eigenvalue weighted by Crippen LogP contribution is 2.17. The van der Waals surface area contributed by atoms with Gasteiger partial charge in [-0.25, -0.2) is 4.79 Å². The van der Waals surface area contributed by atoms with Crippen LogP contribution in [0.15, 0.2) is 48.5 Å². The molecule has 0 aliphatic heterocycles. The molecule has 0 radical (unpaired) electrons. The van der Waals surface area contributed by atoms with Crippen molar-refractivity contribution in [1.82, 2.24) is 5.32 Å². The van der Waals surface area contributed by atoms with Gasteiger partial charge in [-0.05, 0) is 57.0 Å². The van der Waals surface area contributed by atoms with Gasteiger partial charge in [0.05, 0.1) is 11.6 Å². The summed E-state index contributed by atoms with van der Waals surface area (Å²) in [7, 11) is 0. The summed E-state index contributed by atoms with van der Waals surface area (Å²) in [5.41, 5.74) is 3.71. The molecule has 2 rings (SSSR count). The lowest BCUT2D eigenvalue weighted by Crippen LogP contribution is -2.32. The largest absolute Gasteiger partial charge is 0.452 e. The van der Waals surface area contributed by atoms with Gasteiger partial charge >= 0.3 is 5.97 Å². The molecule has 2 aromatic rings. The molecule has 0 heterocycles. The average Bonchev–Trinajstić information content (AvgIpc) is 2.72. The van der Waals surface area contributed by atoms with Crippen molar-refractivity contribution in [3.63, 3.8) is 0 Å². The van der Waals surface area contributed by atoms with Crippen LogP contribution in [0.4, 0.5) is 5.69 Å². The van der Waals surface area contributed by atoms with Gasteiger partial charge in [0.15, 0.2) is 6.61 Å². The van der Waals surface area contributed by atoms with Gasteiger partial charge in [-0.2, -0.15) is 0 Å². The Balaban J connectivity index is 1.89. The second kappa shape index (κ2) is 10.5. The van der Waals surface area contributed by atoms with Crippen LogP contribution in [0.25, 0.3) is 0 Å². The third kappa shape index (κ3) is 5.84. The van der Waals surface area contributed by atoms with Crippen LogP contribution >= 0.6 is 0 Å². The van der Waals surface area contributed by atoms with E-state index in [1.54, 1.807) is 12.1 Å². The zero-order chi connectivity index (χ0) is 20.5. The fraction of sp³-hybridized carbons (Fsp3) is 0.391. The first-order valence-corrected chi connectivity index (χ1v) is 9.86. The minimum atomic E-state index is -0.496. The highest BCUT2D eigenvalue weighted by Gasteiger charge is 2.15. The van der Waals surface area contributed by atoms with Crippen LogP contribution in [0.1, 0.15) is 54.7 Å². The van der Waals surface area contributed by atoms with E-state index in [2.05, 4.69) is 24.1 Å². The lowest BCUT2D eigenvalue weighted by molar-refractivity contribution is -0.125. The molecule has 1 N–H and O–H groups in total. The summed E-state index contributed by atoms with van der Waals surface area (Å²) in [6.45, 7) is 9.72. The number of anilines is 1. The van der Waals surface area contributed by atoms with Crippen LogP contribution in [0, 0.1) is 6.92 Å². The number of rotatable bonds is 9. The molecule has 0 aliphatic carbocycles. The number of benzene rings is 2. The highest BCUT2D eigenvalue weighted by atomic mass is 16.5. The molecule has 1 atom stereocenters. The maximum absolute atomic E-state index is 12.2. The Hall–Kier alpha value is -2.82. The second-order valence-electron chi connectivity index (χ2n) is 6.73. The lowest BCUT2D eigenvalue weighted by atomic mass is 10.0. The van der Waals surface area contributed by atoms with E-state index in [4.69, 9.17) is 4.74 Å². The van der Waals surface area contributed by atoms with E-state index in [-0.39, 0.29) is 18.6 Å². The molecule has 2 aromatic carbocycles. The third-order valence-corrected chi connectivity index (χ3v) is 4.79. The number of ether oxygens (including phenoxy) is 1. The molecule has 0 spiro atoms. The van der Waals surface area contributed by atoms with Gasteiger partial charge in [-0.15, -0.1) is 0 Å². The Kier molecular flexibility index (Phi) is 8.05. The molecular weight excluding hydrogens is 352 g/mol. The average molecular weight is 383 g/mol. The monoisotopic (exact) mass is 382 g/mol. The molecule has 0 aliphatic rings. The third-order valence-electron chi connectivity index (χ3n) is 4.79. The van der Waals surface area contributed by atoms with Crippen LogP contribution in [-0.2, 0) is 9.53 Å². The van der Waals surface area contributed by atoms with Crippen molar-refractivity contribution in [2.75, 3.05) is 24.6 Å². The first kappa shape index (κ1) is 21.5. The van der Waals surface area contributed by atoms with Gasteiger partial charge in [-0.1, -0.05) is 36.8 Å². The van der Waals surface area contributed by atoms with Crippen LogP contribution in [0.2, 0.25) is 0 Å². The molecule has 1 amide bonds. The summed E-state index contributed by atoms with van der Waals surface area (Å²) in [5.74, 6) is -0.801. The summed E-state index contributed by atoms with van der Waals surface area (Å²) >= 11 is 0. The maximum Gasteiger partial charge on any atom is 0.338 e. The molecule has 150 valence electrons. The molecule has 0 fully saturated rings. The van der Waals surface area contributed by atoms with Crippen LogP contribution in [0.5, 0.6) is 0 Å². The predicted molar refractivity (Wildman–Crippen MR) is 113 cm³/mol. The zero-order valence-electron chi connectivity index (χ0n) is 17.2. The molecule has 28 heavy (non-hydrogen) atoms. The van der Waals surface area contributed by atoms with E-state index >= 15 is 0 Å². The van der Waals surface area contributed by atoms with Gasteiger partial charge in [0.2, 0.25) is 0 Å². The Morgan fingerprint density at radius 3 is 2.11 bits per heavy atom. The van der Waals surface area contributed by atoms with Crippen LogP contribution in [-0.4, -0.2) is 31.6 Å². The van der Waals surface area contributed by atoms with Crippen molar-refractivity contribution in [2.24, 2.45) is 0 Å². The van der Waals surface area contributed by atoms with Crippen LogP contribution in [0.3, 0.4) is 0 Å². The van der Waals surface area contributed by atoms with E-state index in [9.17, 15) is 9.59 Å². The van der Waals surface area contributed by atoms with Gasteiger partial charge in [0, 0.05) is 18.8 Å². The van der Waals surface area contributed by atoms with Crippen molar-refractivity contribution < 1.29 is 14.3 Å². The molecule has 0 unspecified atom stereocenters. The fourth-order valence-corrected chi connectivity index (χ4v) is 3.07. The zero-order valence-corrected chi connectivity index (χ0v) is 17.2. The number of amides is 1. The summed E-state index contributed by atoms with van der Waals surface area (Å²) in [5, 5.41) is 2.93. The lowest BCUT2D eigenvalue weighted by Gasteiger charge is -2.21. The molecule has 0 saturated heterocycles. The summed E-state index contributed by atoms with van der Waals surface area (Å²) in [6, 6.07) is 15.2. The summed E-state index contributed by atoms with van der Waals surface area (Å²) in [4.78, 5) is 26.6. The molecule has 0 bridgehead atoms. The first-order valence-electron chi connectivity index (χ1n) is 9.86. The quantitative estimate of drug-likeness (QED) is 0.658. The normalized spacial score (nSPS) is 11.6. The first-order chi connectivity index (χ1) is 13.5. The molecule has 5 heteroatoms. The van der Waals surface area contributed by atoms with Crippen LogP contribution < -0.4 is 10.2 Å². The Labute approximate surface area is 167 Å². The van der Waals surface area contributed by atoms with E-state index in [0.717, 1.165) is 30.8 Å². The van der Waals surface area contributed by atoms with Gasteiger partial charge in [-0.3, -0.25) is 4.79 Å². The van der Waals surface area contributed by atoms with Crippen molar-refractivity contribution in [3.8, 4) is 0 Å². The number of hydrogen-bond donors (Lipinski definition) is 1. The molecule has 0 saturated carbocycles. The van der Waals surface area contributed by atoms with Crippen molar-refractivity contribution in [2.45, 2.75) is 40.2 Å². The summed E-state index contributed by atoms with van der Waals surface area (Å²) in [6.07, 6.45) is 0.759. The standard InChI is InChI=1S/C23H30N2O3/c1-5-21(18-10-8-17(4)9-11-18)24-22(26)16-28-23(27)19-12-14-20(15-13-19)25(6-2)7-3/h8-15,21H,5-7,16H2,1-4H3,(H,24,26)/t21-/m1/s1. The van der Waals surface area contributed by atoms with Gasteiger partial charge in [0.25, 0.3) is 5.91 Å². The van der Waals surface area contributed by atoms with Crippen molar-refractivity contribution in [1.29, 1.82) is 0 Å². The van der Waals surface area contributed by atoms with Gasteiger partial charge in [0.1, 0.15) is 0 Å². The molecule has 0 aromatic heterocycles. The highest BCUT2D eigenvalue weighted by molar-refractivity contribution is 5.91. The second-order valence-corrected chi connectivity index (χ2v) is 6.73. The number of esters is 1. The smallest absolute Gasteiger partial charge is 0.338 e. The SMILES string of the molecule is CC[C@@H](NC(=O)COC(=O)c1ccc(N(CC)CC)cc1)c1ccc(C)cc1. The number of aryl methyl sites for hydroxylation is 1. The Bertz CT molecular complexity index is 765. The van der Waals surface area contributed by atoms with Gasteiger partial charge < -0.3 is 15.0 Å². The fourth-order valence-electron chi connectivity index (χ4n) is 3.07. The van der Waals surface area contributed by atoms with E-state index in [0.29, 0.717) is 5.56 Å². The minimum absolute atomic E-state index is 0.0971. The minimum Gasteiger partial charge on any atom is -0.452 e. The van der Waals surface area contributed by atoms with Crippen molar-refractivity contribution in [3.05, 3.63) is 65.2 Å². The number of nitrogens with zero attached hydrogens (tertiary/aromatic N) is 1. The Morgan fingerprint density at radius 1 is 0.964 bits per heavy atom. The number of carbonyl (C=O) groups excluding carboxylic acids is 2. The molecule has 5 nitrogen and oxygen atoms in total. The van der Waals surface area contributed by atoms with E-state index in [1.807, 2.05) is 50.2 Å². The maximum atomic E-state index is 12.2. The number of carbonyl (C=O) groups is 2. The topological polar surface area (TPSA) is 58.6 Å². The predicted octanol–water partition coefficient (Wildman–Crippen LogP) is 4.27. The molecular formula is C23H30N2O3. The number of hydrogen-bond acceptors (Lipinski definition) is 4. The van der Waals surface area contributed by atoms with E-state index in [1.165, 1.54) is 5.56 Å². The van der Waals surface area contributed by atoms with Crippen molar-refractivity contribution >= 4 is 17.6 Å².